The lowest BCUT2D eigenvalue weighted by molar-refractivity contribution is -0.384. The summed E-state index contributed by atoms with van der Waals surface area (Å²) < 4.78 is 5.19. The van der Waals surface area contributed by atoms with Crippen molar-refractivity contribution in [2.75, 3.05) is 12.4 Å². The molecule has 0 bridgehead atoms. The van der Waals surface area contributed by atoms with Crippen molar-refractivity contribution in [1.82, 2.24) is 5.32 Å². The zero-order chi connectivity index (χ0) is 20.0. The maximum absolute atomic E-state index is 12.7. The Morgan fingerprint density at radius 3 is 2.33 bits per heavy atom. The van der Waals surface area contributed by atoms with Crippen molar-refractivity contribution in [1.29, 1.82) is 0 Å². The van der Waals surface area contributed by atoms with Gasteiger partial charge in [0.2, 0.25) is 5.91 Å². The van der Waals surface area contributed by atoms with E-state index < -0.39 is 11.0 Å². The molecule has 0 aliphatic heterocycles. The first-order valence-electron chi connectivity index (χ1n) is 8.77. The Bertz CT molecular complexity index is 793. The Kier molecular flexibility index (Phi) is 6.90. The van der Waals surface area contributed by atoms with Gasteiger partial charge >= 0.3 is 0 Å². The molecule has 0 fully saturated rings. The number of rotatable bonds is 8. The molecule has 0 aliphatic rings. The van der Waals surface area contributed by atoms with Crippen LogP contribution in [0.1, 0.15) is 32.4 Å². The van der Waals surface area contributed by atoms with Crippen LogP contribution in [0.5, 0.6) is 5.75 Å². The van der Waals surface area contributed by atoms with Crippen molar-refractivity contribution in [2.45, 2.75) is 32.9 Å². The molecule has 0 saturated carbocycles. The second-order valence-electron chi connectivity index (χ2n) is 6.65. The summed E-state index contributed by atoms with van der Waals surface area (Å²) in [6, 6.07) is 13.5. The van der Waals surface area contributed by atoms with Crippen LogP contribution in [0.4, 0.5) is 11.4 Å². The molecule has 27 heavy (non-hydrogen) atoms. The molecule has 0 heterocycles. The van der Waals surface area contributed by atoms with Crippen LogP contribution in [0.25, 0.3) is 0 Å². The molecule has 0 aliphatic carbocycles. The Hall–Kier alpha value is -2.93. The van der Waals surface area contributed by atoms with Crippen LogP contribution < -0.4 is 15.4 Å². The van der Waals surface area contributed by atoms with Gasteiger partial charge in [0.05, 0.1) is 23.8 Å². The van der Waals surface area contributed by atoms with Crippen LogP contribution in [0, 0.1) is 16.0 Å². The van der Waals surface area contributed by atoms with Gasteiger partial charge in [-0.05, 0) is 24.5 Å². The van der Waals surface area contributed by atoms with Gasteiger partial charge < -0.3 is 10.1 Å². The summed E-state index contributed by atoms with van der Waals surface area (Å²) in [6.07, 6.45) is 0. The highest BCUT2D eigenvalue weighted by Gasteiger charge is 2.23. The summed E-state index contributed by atoms with van der Waals surface area (Å²) in [5.74, 6) is 0.343. The number of methoxy groups -OCH3 is 1. The average Bonchev–Trinajstić information content (AvgIpc) is 2.66. The zero-order valence-electron chi connectivity index (χ0n) is 15.9. The topological polar surface area (TPSA) is 93.5 Å². The number of nitro benzene ring substituents is 1. The molecule has 2 N–H and O–H groups in total. The molecule has 7 nitrogen and oxygen atoms in total. The third-order valence-corrected chi connectivity index (χ3v) is 4.30. The SMILES string of the molecule is COc1ccc([N+](=O)[O-])cc1NC(=O)[C@H](C)N[C@@H](c1ccccc1)C(C)C. The molecule has 7 heteroatoms. The van der Waals surface area contributed by atoms with Gasteiger partial charge in [0.1, 0.15) is 5.75 Å². The molecule has 0 unspecified atom stereocenters. The molecule has 1 amide bonds. The van der Waals surface area contributed by atoms with Crippen molar-refractivity contribution in [3.8, 4) is 5.75 Å². The van der Waals surface area contributed by atoms with E-state index in [4.69, 9.17) is 4.74 Å². The number of carbonyl (C=O) groups excluding carboxylic acids is 1. The van der Waals surface area contributed by atoms with Crippen LogP contribution in [-0.2, 0) is 4.79 Å². The van der Waals surface area contributed by atoms with Gasteiger partial charge in [0.25, 0.3) is 5.69 Å². The fourth-order valence-electron chi connectivity index (χ4n) is 2.83. The number of nitrogens with zero attached hydrogens (tertiary/aromatic N) is 1. The molecule has 0 spiro atoms. The molecule has 2 aromatic rings. The largest absolute Gasteiger partial charge is 0.495 e. The lowest BCUT2D eigenvalue weighted by Gasteiger charge is -2.26. The smallest absolute Gasteiger partial charge is 0.271 e. The first-order valence-corrected chi connectivity index (χ1v) is 8.77. The minimum atomic E-state index is -0.513. The minimum absolute atomic E-state index is 0.000968. The number of hydrogen-bond acceptors (Lipinski definition) is 5. The van der Waals surface area contributed by atoms with Gasteiger partial charge in [-0.15, -0.1) is 0 Å². The molecule has 0 aromatic heterocycles. The van der Waals surface area contributed by atoms with Gasteiger partial charge in [-0.3, -0.25) is 20.2 Å². The van der Waals surface area contributed by atoms with Gasteiger partial charge in [0, 0.05) is 18.2 Å². The van der Waals surface area contributed by atoms with Gasteiger partial charge in [-0.1, -0.05) is 44.2 Å². The zero-order valence-corrected chi connectivity index (χ0v) is 15.9. The van der Waals surface area contributed by atoms with Gasteiger partial charge in [0.15, 0.2) is 0 Å². The highest BCUT2D eigenvalue weighted by atomic mass is 16.6. The number of anilines is 1. The Labute approximate surface area is 158 Å². The van der Waals surface area contributed by atoms with Crippen molar-refractivity contribution in [3.63, 3.8) is 0 Å². The van der Waals surface area contributed by atoms with Crippen LogP contribution >= 0.6 is 0 Å². The number of non-ortho nitro benzene ring substituents is 1. The lowest BCUT2D eigenvalue weighted by atomic mass is 9.95. The lowest BCUT2D eigenvalue weighted by Crippen LogP contribution is -2.41. The first-order chi connectivity index (χ1) is 12.8. The second-order valence-corrected chi connectivity index (χ2v) is 6.65. The maximum atomic E-state index is 12.7. The predicted octanol–water partition coefficient (Wildman–Crippen LogP) is 3.92. The number of amides is 1. The molecule has 2 rings (SSSR count). The quantitative estimate of drug-likeness (QED) is 0.542. The number of benzene rings is 2. The summed E-state index contributed by atoms with van der Waals surface area (Å²) in [7, 11) is 1.45. The molecule has 2 aromatic carbocycles. The normalized spacial score (nSPS) is 13.1. The number of carbonyl (C=O) groups is 1. The molecule has 0 radical (unpaired) electrons. The molecule has 144 valence electrons. The van der Waals surface area contributed by atoms with E-state index in [-0.39, 0.29) is 29.2 Å². The van der Waals surface area contributed by atoms with Crippen molar-refractivity contribution >= 4 is 17.3 Å². The fraction of sp³-hybridized carbons (Fsp3) is 0.350. The highest BCUT2D eigenvalue weighted by molar-refractivity contribution is 5.96. The molecular weight excluding hydrogens is 346 g/mol. The maximum Gasteiger partial charge on any atom is 0.271 e. The third-order valence-electron chi connectivity index (χ3n) is 4.30. The number of nitro groups is 1. The van der Waals surface area contributed by atoms with E-state index >= 15 is 0 Å². The summed E-state index contributed by atoms with van der Waals surface area (Å²) >= 11 is 0. The van der Waals surface area contributed by atoms with E-state index in [0.29, 0.717) is 5.75 Å². The monoisotopic (exact) mass is 371 g/mol. The number of nitrogens with one attached hydrogen (secondary N) is 2. The summed E-state index contributed by atoms with van der Waals surface area (Å²) in [5.41, 5.74) is 1.25. The van der Waals surface area contributed by atoms with Crippen LogP contribution in [0.2, 0.25) is 0 Å². The Morgan fingerprint density at radius 1 is 1.11 bits per heavy atom. The first kappa shape index (κ1) is 20.4. The summed E-state index contributed by atoms with van der Waals surface area (Å²) in [5, 5.41) is 17.1. The van der Waals surface area contributed by atoms with E-state index in [2.05, 4.69) is 24.5 Å². The van der Waals surface area contributed by atoms with E-state index in [1.54, 1.807) is 6.92 Å². The van der Waals surface area contributed by atoms with Crippen LogP contribution in [-0.4, -0.2) is 24.0 Å². The van der Waals surface area contributed by atoms with E-state index in [0.717, 1.165) is 5.56 Å². The van der Waals surface area contributed by atoms with Gasteiger partial charge in [-0.25, -0.2) is 0 Å². The van der Waals surface area contributed by atoms with Crippen molar-refractivity contribution in [3.05, 3.63) is 64.2 Å². The van der Waals surface area contributed by atoms with Gasteiger partial charge in [-0.2, -0.15) is 0 Å². The summed E-state index contributed by atoms with van der Waals surface area (Å²) in [4.78, 5) is 23.1. The van der Waals surface area contributed by atoms with Crippen molar-refractivity contribution < 1.29 is 14.5 Å². The van der Waals surface area contributed by atoms with E-state index in [1.165, 1.54) is 25.3 Å². The summed E-state index contributed by atoms with van der Waals surface area (Å²) in [6.45, 7) is 5.93. The predicted molar refractivity (Wildman–Crippen MR) is 105 cm³/mol. The Morgan fingerprint density at radius 2 is 1.78 bits per heavy atom. The number of hydrogen-bond donors (Lipinski definition) is 2. The van der Waals surface area contributed by atoms with Crippen LogP contribution in [0.15, 0.2) is 48.5 Å². The molecule has 0 saturated heterocycles. The Balaban J connectivity index is 2.15. The third kappa shape index (κ3) is 5.27. The van der Waals surface area contributed by atoms with Crippen LogP contribution in [0.3, 0.4) is 0 Å². The van der Waals surface area contributed by atoms with E-state index in [1.807, 2.05) is 30.3 Å². The minimum Gasteiger partial charge on any atom is -0.495 e. The van der Waals surface area contributed by atoms with Crippen molar-refractivity contribution in [2.24, 2.45) is 5.92 Å². The molecule has 2 atom stereocenters. The highest BCUT2D eigenvalue weighted by Crippen LogP contribution is 2.29. The van der Waals surface area contributed by atoms with E-state index in [9.17, 15) is 14.9 Å². The standard InChI is InChI=1S/C20H25N3O4/c1-13(2)19(15-8-6-5-7-9-15)21-14(3)20(24)22-17-12-16(23(25)26)10-11-18(17)27-4/h5-14,19,21H,1-4H3,(H,22,24)/t14-,19+/m0/s1. The molecular formula is C20H25N3O4. The second kappa shape index (κ2) is 9.14. The average molecular weight is 371 g/mol. The number of ether oxygens (including phenoxy) is 1. The fourth-order valence-corrected chi connectivity index (χ4v) is 2.83.